The van der Waals surface area contributed by atoms with Gasteiger partial charge in [-0.1, -0.05) is 29.8 Å². The maximum absolute atomic E-state index is 12.6. The van der Waals surface area contributed by atoms with E-state index >= 15 is 0 Å². The summed E-state index contributed by atoms with van der Waals surface area (Å²) in [5.41, 5.74) is 5.80. The fourth-order valence-electron chi connectivity index (χ4n) is 3.54. The van der Waals surface area contributed by atoms with Gasteiger partial charge in [-0.15, -0.1) is 0 Å². The summed E-state index contributed by atoms with van der Waals surface area (Å²) in [6.45, 7) is 9.73. The van der Waals surface area contributed by atoms with E-state index in [1.165, 1.54) is 35.4 Å². The molecule has 0 bridgehead atoms. The van der Waals surface area contributed by atoms with Gasteiger partial charge in [0, 0.05) is 5.02 Å². The number of hydrogen-bond acceptors (Lipinski definition) is 4. The number of ether oxygens (including phenoxy) is 1. The summed E-state index contributed by atoms with van der Waals surface area (Å²) in [5, 5.41) is 3.42. The number of hydrogen-bond donors (Lipinski definition) is 2. The Balaban J connectivity index is 1.58. The van der Waals surface area contributed by atoms with E-state index in [0.29, 0.717) is 16.5 Å². The molecule has 0 unspecified atom stereocenters. The molecule has 0 spiro atoms. The summed E-state index contributed by atoms with van der Waals surface area (Å²) >= 11 is 6.07. The van der Waals surface area contributed by atoms with Crippen LogP contribution in [0.1, 0.15) is 40.8 Å². The van der Waals surface area contributed by atoms with Crippen molar-refractivity contribution in [2.24, 2.45) is 0 Å². The Kier molecular flexibility index (Phi) is 7.89. The molecule has 0 heterocycles. The van der Waals surface area contributed by atoms with E-state index in [9.17, 15) is 13.2 Å². The second-order valence-electron chi connectivity index (χ2n) is 8.41. The van der Waals surface area contributed by atoms with E-state index in [-0.39, 0.29) is 23.5 Å². The highest BCUT2D eigenvalue weighted by Gasteiger charge is 2.16. The van der Waals surface area contributed by atoms with E-state index in [0.717, 1.165) is 16.7 Å². The van der Waals surface area contributed by atoms with Gasteiger partial charge >= 0.3 is 0 Å². The van der Waals surface area contributed by atoms with Crippen molar-refractivity contribution >= 4 is 33.2 Å². The van der Waals surface area contributed by atoms with Crippen molar-refractivity contribution in [1.82, 2.24) is 5.32 Å². The molecule has 8 heteroatoms. The molecule has 0 saturated carbocycles. The summed E-state index contributed by atoms with van der Waals surface area (Å²) in [7, 11) is -3.79. The molecule has 34 heavy (non-hydrogen) atoms. The highest BCUT2D eigenvalue weighted by Crippen LogP contribution is 2.24. The lowest BCUT2D eigenvalue weighted by Crippen LogP contribution is -2.31. The van der Waals surface area contributed by atoms with Crippen LogP contribution in [0, 0.1) is 27.7 Å². The number of sulfonamides is 1. The Hall–Kier alpha value is -3.03. The standard InChI is InChI=1S/C26H29ClN2O4S/c1-16-6-7-21(14-25(16)27)29-34(31,32)23-10-8-22(9-11-23)33-15-26(30)28-20(5)24-13-18(3)17(2)12-19(24)4/h6-14,20,29H,15H2,1-5H3,(H,28,30)/t20-/m1/s1. The molecular formula is C26H29ClN2O4S. The van der Waals surface area contributed by atoms with Crippen molar-refractivity contribution in [3.05, 3.63) is 87.4 Å². The normalized spacial score (nSPS) is 12.2. The van der Waals surface area contributed by atoms with Crippen molar-refractivity contribution < 1.29 is 17.9 Å². The number of carbonyl (C=O) groups is 1. The van der Waals surface area contributed by atoms with Gasteiger partial charge < -0.3 is 10.1 Å². The van der Waals surface area contributed by atoms with Crippen molar-refractivity contribution in [3.63, 3.8) is 0 Å². The summed E-state index contributed by atoms with van der Waals surface area (Å²) < 4.78 is 33.3. The first-order chi connectivity index (χ1) is 16.0. The third kappa shape index (κ3) is 6.30. The second-order valence-corrected chi connectivity index (χ2v) is 10.5. The van der Waals surface area contributed by atoms with Gasteiger partial charge in [0.2, 0.25) is 0 Å². The van der Waals surface area contributed by atoms with Crippen LogP contribution in [0.5, 0.6) is 5.75 Å². The van der Waals surface area contributed by atoms with Crippen LogP contribution in [-0.4, -0.2) is 20.9 Å². The predicted molar refractivity (Wildman–Crippen MR) is 136 cm³/mol. The van der Waals surface area contributed by atoms with E-state index in [4.69, 9.17) is 16.3 Å². The van der Waals surface area contributed by atoms with Crippen LogP contribution in [-0.2, 0) is 14.8 Å². The summed E-state index contributed by atoms with van der Waals surface area (Å²) in [5.74, 6) is 0.127. The molecule has 2 N–H and O–H groups in total. The van der Waals surface area contributed by atoms with Crippen molar-refractivity contribution in [1.29, 1.82) is 0 Å². The van der Waals surface area contributed by atoms with Gasteiger partial charge in [-0.3, -0.25) is 9.52 Å². The van der Waals surface area contributed by atoms with Gasteiger partial charge in [0.15, 0.2) is 6.61 Å². The third-order valence-electron chi connectivity index (χ3n) is 5.65. The van der Waals surface area contributed by atoms with E-state index in [1.807, 2.05) is 27.7 Å². The molecule has 0 radical (unpaired) electrons. The smallest absolute Gasteiger partial charge is 0.261 e. The van der Waals surface area contributed by atoms with Gasteiger partial charge in [-0.25, -0.2) is 8.42 Å². The van der Waals surface area contributed by atoms with Crippen LogP contribution in [0.3, 0.4) is 0 Å². The lowest BCUT2D eigenvalue weighted by Gasteiger charge is -2.18. The molecule has 1 amide bonds. The van der Waals surface area contributed by atoms with Crippen LogP contribution in [0.2, 0.25) is 5.02 Å². The van der Waals surface area contributed by atoms with Gasteiger partial charge in [0.1, 0.15) is 5.75 Å². The molecule has 3 rings (SSSR count). The molecule has 0 aliphatic carbocycles. The monoisotopic (exact) mass is 500 g/mol. The Bertz CT molecular complexity index is 1310. The fourth-order valence-corrected chi connectivity index (χ4v) is 4.77. The van der Waals surface area contributed by atoms with Crippen molar-refractivity contribution in [2.45, 2.75) is 45.6 Å². The first kappa shape index (κ1) is 25.6. The van der Waals surface area contributed by atoms with Gasteiger partial charge in [0.25, 0.3) is 15.9 Å². The fraction of sp³-hybridized carbons (Fsp3) is 0.269. The minimum atomic E-state index is -3.79. The summed E-state index contributed by atoms with van der Waals surface area (Å²) in [6.07, 6.45) is 0. The number of benzene rings is 3. The topological polar surface area (TPSA) is 84.5 Å². The lowest BCUT2D eigenvalue weighted by atomic mass is 9.96. The zero-order valence-electron chi connectivity index (χ0n) is 19.9. The van der Waals surface area contributed by atoms with Crippen molar-refractivity contribution in [3.8, 4) is 5.75 Å². The molecule has 0 aromatic heterocycles. The number of rotatable bonds is 8. The molecule has 0 saturated heterocycles. The molecule has 1 atom stereocenters. The van der Waals surface area contributed by atoms with Crippen LogP contribution in [0.25, 0.3) is 0 Å². The molecule has 3 aromatic carbocycles. The van der Waals surface area contributed by atoms with Gasteiger partial charge in [0.05, 0.1) is 16.6 Å². The average Bonchev–Trinajstić information content (AvgIpc) is 2.77. The highest BCUT2D eigenvalue weighted by molar-refractivity contribution is 7.92. The van der Waals surface area contributed by atoms with Gasteiger partial charge in [-0.2, -0.15) is 0 Å². The minimum absolute atomic E-state index is 0.0693. The molecule has 0 aliphatic heterocycles. The Morgan fingerprint density at radius 3 is 2.21 bits per heavy atom. The number of aryl methyl sites for hydroxylation is 4. The van der Waals surface area contributed by atoms with Crippen LogP contribution in [0.4, 0.5) is 5.69 Å². The van der Waals surface area contributed by atoms with Crippen LogP contribution >= 0.6 is 11.6 Å². The lowest BCUT2D eigenvalue weighted by molar-refractivity contribution is -0.123. The number of halogens is 1. The first-order valence-electron chi connectivity index (χ1n) is 10.8. The molecular weight excluding hydrogens is 472 g/mol. The Labute approximate surface area is 206 Å². The SMILES string of the molecule is Cc1cc(C)c([C@@H](C)NC(=O)COc2ccc(S(=O)(=O)Nc3ccc(C)c(Cl)c3)cc2)cc1C. The molecule has 180 valence electrons. The highest BCUT2D eigenvalue weighted by atomic mass is 35.5. The Morgan fingerprint density at radius 2 is 1.56 bits per heavy atom. The predicted octanol–water partition coefficient (Wildman–Crippen LogP) is 5.63. The van der Waals surface area contributed by atoms with Crippen LogP contribution in [0.15, 0.2) is 59.5 Å². The van der Waals surface area contributed by atoms with E-state index in [1.54, 1.807) is 18.2 Å². The molecule has 0 aliphatic rings. The minimum Gasteiger partial charge on any atom is -0.484 e. The van der Waals surface area contributed by atoms with Gasteiger partial charge in [-0.05, 0) is 98.8 Å². The zero-order chi connectivity index (χ0) is 25.0. The number of carbonyl (C=O) groups excluding carboxylic acids is 1. The number of nitrogens with one attached hydrogen (secondary N) is 2. The van der Waals surface area contributed by atoms with Crippen LogP contribution < -0.4 is 14.8 Å². The molecule has 0 fully saturated rings. The average molecular weight is 501 g/mol. The van der Waals surface area contributed by atoms with Crippen molar-refractivity contribution in [2.75, 3.05) is 11.3 Å². The number of amides is 1. The quantitative estimate of drug-likeness (QED) is 0.419. The molecule has 3 aromatic rings. The maximum atomic E-state index is 12.6. The first-order valence-corrected chi connectivity index (χ1v) is 12.7. The second kappa shape index (κ2) is 10.5. The van der Waals surface area contributed by atoms with E-state index < -0.39 is 10.0 Å². The van der Waals surface area contributed by atoms with E-state index in [2.05, 4.69) is 29.1 Å². The Morgan fingerprint density at radius 1 is 0.912 bits per heavy atom. The zero-order valence-corrected chi connectivity index (χ0v) is 21.5. The third-order valence-corrected chi connectivity index (χ3v) is 7.46. The number of anilines is 1. The summed E-state index contributed by atoms with van der Waals surface area (Å²) in [6, 6.07) is 14.9. The molecule has 6 nitrogen and oxygen atoms in total. The maximum Gasteiger partial charge on any atom is 0.261 e. The summed E-state index contributed by atoms with van der Waals surface area (Å²) in [4.78, 5) is 12.5. The largest absolute Gasteiger partial charge is 0.484 e.